The number of hydrogen-bond donors (Lipinski definition) is 1. The molecule has 1 heterocycles. The highest BCUT2D eigenvalue weighted by Crippen LogP contribution is 2.25. The molecule has 1 unspecified atom stereocenters. The summed E-state index contributed by atoms with van der Waals surface area (Å²) in [7, 11) is -2.45. The second-order valence-electron chi connectivity index (χ2n) is 6.71. The fourth-order valence-corrected chi connectivity index (χ4v) is 4.65. The van der Waals surface area contributed by atoms with Crippen molar-refractivity contribution in [3.05, 3.63) is 24.0 Å². The van der Waals surface area contributed by atoms with Crippen LogP contribution in [-0.2, 0) is 10.0 Å². The third-order valence-electron chi connectivity index (χ3n) is 4.39. The van der Waals surface area contributed by atoms with Gasteiger partial charge in [-0.15, -0.1) is 0 Å². The minimum absolute atomic E-state index is 0.00428. The first-order valence-corrected chi connectivity index (χ1v) is 9.92. The van der Waals surface area contributed by atoms with Gasteiger partial charge in [0, 0.05) is 38.8 Å². The van der Waals surface area contributed by atoms with Gasteiger partial charge in [-0.2, -0.15) is 4.31 Å². The predicted octanol–water partition coefficient (Wildman–Crippen LogP) is 1.55. The maximum absolute atomic E-state index is 13.9. The maximum Gasteiger partial charge on any atom is 0.243 e. The number of nitrogens with zero attached hydrogens (tertiary/aromatic N) is 2. The van der Waals surface area contributed by atoms with Crippen LogP contribution in [0.4, 0.5) is 4.39 Å². The Morgan fingerprint density at radius 2 is 2.08 bits per heavy atom. The lowest BCUT2D eigenvalue weighted by molar-refractivity contribution is 0.0853. The molecule has 8 heteroatoms. The molecule has 142 valence electrons. The van der Waals surface area contributed by atoms with Crippen LogP contribution in [0.1, 0.15) is 20.3 Å². The maximum atomic E-state index is 13.9. The number of ether oxygens (including phenoxy) is 1. The van der Waals surface area contributed by atoms with Crippen LogP contribution in [0.5, 0.6) is 5.75 Å². The monoisotopic (exact) mass is 374 g/mol. The molecule has 1 saturated heterocycles. The molecule has 0 saturated carbocycles. The zero-order chi connectivity index (χ0) is 18.6. The predicted molar refractivity (Wildman–Crippen MR) is 93.6 cm³/mol. The molecule has 1 atom stereocenters. The number of rotatable bonds is 7. The van der Waals surface area contributed by atoms with Gasteiger partial charge in [-0.1, -0.05) is 13.8 Å². The van der Waals surface area contributed by atoms with Crippen molar-refractivity contribution in [1.29, 1.82) is 0 Å². The van der Waals surface area contributed by atoms with Gasteiger partial charge < -0.3 is 9.84 Å². The normalized spacial score (nSPS) is 20.2. The third-order valence-corrected chi connectivity index (χ3v) is 6.25. The first kappa shape index (κ1) is 20.1. The number of methoxy groups -OCH3 is 1. The number of sulfonamides is 1. The van der Waals surface area contributed by atoms with Crippen LogP contribution in [-0.4, -0.2) is 68.7 Å². The largest absolute Gasteiger partial charge is 0.494 e. The van der Waals surface area contributed by atoms with E-state index in [1.165, 1.54) is 23.5 Å². The first-order chi connectivity index (χ1) is 11.8. The van der Waals surface area contributed by atoms with Gasteiger partial charge >= 0.3 is 0 Å². The van der Waals surface area contributed by atoms with Gasteiger partial charge in [0.1, 0.15) is 0 Å². The Morgan fingerprint density at radius 3 is 2.64 bits per heavy atom. The van der Waals surface area contributed by atoms with Gasteiger partial charge in [-0.05, 0) is 30.5 Å². The van der Waals surface area contributed by atoms with Gasteiger partial charge in [0.2, 0.25) is 10.0 Å². The fraction of sp³-hybridized carbons (Fsp3) is 0.647. The number of hydrogen-bond acceptors (Lipinski definition) is 5. The van der Waals surface area contributed by atoms with E-state index in [1.54, 1.807) is 0 Å². The smallest absolute Gasteiger partial charge is 0.243 e. The van der Waals surface area contributed by atoms with Crippen LogP contribution in [0.2, 0.25) is 0 Å². The summed E-state index contributed by atoms with van der Waals surface area (Å²) < 4.78 is 45.8. The Morgan fingerprint density at radius 1 is 1.36 bits per heavy atom. The summed E-state index contributed by atoms with van der Waals surface area (Å²) in [6, 6.07) is 3.63. The molecule has 6 nitrogen and oxygen atoms in total. The Labute approximate surface area is 149 Å². The Kier molecular flexibility index (Phi) is 6.79. The fourth-order valence-electron chi connectivity index (χ4n) is 3.17. The van der Waals surface area contributed by atoms with E-state index in [-0.39, 0.29) is 23.3 Å². The SMILES string of the molecule is COc1ccc(S(=O)(=O)N2CCN(CC(C)C)C(CCO)C2)cc1F. The lowest BCUT2D eigenvalue weighted by Gasteiger charge is -2.41. The summed E-state index contributed by atoms with van der Waals surface area (Å²) in [6.07, 6.45) is 0.510. The molecule has 1 aromatic rings. The van der Waals surface area contributed by atoms with Crippen molar-refractivity contribution in [2.75, 3.05) is 39.9 Å². The Balaban J connectivity index is 2.21. The van der Waals surface area contributed by atoms with E-state index >= 15 is 0 Å². The molecule has 1 aromatic carbocycles. The van der Waals surface area contributed by atoms with Gasteiger partial charge in [0.25, 0.3) is 0 Å². The number of piperazine rings is 1. The Hall–Kier alpha value is -1.22. The number of benzene rings is 1. The average molecular weight is 374 g/mol. The quantitative estimate of drug-likeness (QED) is 0.784. The van der Waals surface area contributed by atoms with E-state index in [0.29, 0.717) is 32.0 Å². The molecule has 1 aliphatic rings. The van der Waals surface area contributed by atoms with E-state index in [9.17, 15) is 17.9 Å². The van der Waals surface area contributed by atoms with Crippen molar-refractivity contribution in [3.63, 3.8) is 0 Å². The highest BCUT2D eigenvalue weighted by molar-refractivity contribution is 7.89. The zero-order valence-corrected chi connectivity index (χ0v) is 15.8. The number of aliphatic hydroxyl groups excluding tert-OH is 1. The van der Waals surface area contributed by atoms with Crippen LogP contribution in [0.3, 0.4) is 0 Å². The van der Waals surface area contributed by atoms with Crippen LogP contribution >= 0.6 is 0 Å². The van der Waals surface area contributed by atoms with E-state index in [0.717, 1.165) is 12.6 Å². The van der Waals surface area contributed by atoms with Crippen molar-refractivity contribution < 1.29 is 22.7 Å². The van der Waals surface area contributed by atoms with Crippen molar-refractivity contribution in [1.82, 2.24) is 9.21 Å². The van der Waals surface area contributed by atoms with E-state index in [4.69, 9.17) is 4.74 Å². The van der Waals surface area contributed by atoms with Crippen molar-refractivity contribution in [2.24, 2.45) is 5.92 Å². The Bertz CT molecular complexity index is 681. The molecular formula is C17H27FN2O4S. The summed E-state index contributed by atoms with van der Waals surface area (Å²) in [5.74, 6) is -0.229. The summed E-state index contributed by atoms with van der Waals surface area (Å²) >= 11 is 0. The molecule has 0 radical (unpaired) electrons. The van der Waals surface area contributed by atoms with E-state index < -0.39 is 15.8 Å². The highest BCUT2D eigenvalue weighted by atomic mass is 32.2. The molecule has 1 fully saturated rings. The van der Waals surface area contributed by atoms with Crippen LogP contribution in [0, 0.1) is 11.7 Å². The van der Waals surface area contributed by atoms with E-state index in [1.807, 2.05) is 0 Å². The standard InChI is InChI=1S/C17H27FN2O4S/c1-13(2)11-19-7-8-20(12-14(19)6-9-21)25(22,23)15-4-5-17(24-3)16(18)10-15/h4-5,10,13-14,21H,6-9,11-12H2,1-3H3. The van der Waals surface area contributed by atoms with Gasteiger partial charge in [-0.3, -0.25) is 4.90 Å². The van der Waals surface area contributed by atoms with Crippen LogP contribution in [0.25, 0.3) is 0 Å². The highest BCUT2D eigenvalue weighted by Gasteiger charge is 2.34. The van der Waals surface area contributed by atoms with E-state index in [2.05, 4.69) is 18.7 Å². The van der Waals surface area contributed by atoms with Gasteiger partial charge in [0.05, 0.1) is 12.0 Å². The van der Waals surface area contributed by atoms with Crippen molar-refractivity contribution in [2.45, 2.75) is 31.2 Å². The van der Waals surface area contributed by atoms with Crippen molar-refractivity contribution in [3.8, 4) is 5.75 Å². The lowest BCUT2D eigenvalue weighted by atomic mass is 10.1. The molecule has 2 rings (SSSR count). The number of aliphatic hydroxyl groups is 1. The second-order valence-corrected chi connectivity index (χ2v) is 8.65. The molecule has 0 aliphatic carbocycles. The molecule has 0 spiro atoms. The second kappa shape index (κ2) is 8.44. The average Bonchev–Trinajstić information content (AvgIpc) is 2.56. The minimum atomic E-state index is -3.78. The molecule has 1 N–H and O–H groups in total. The summed E-state index contributed by atoms with van der Waals surface area (Å²) in [6.45, 7) is 6.33. The lowest BCUT2D eigenvalue weighted by Crippen LogP contribution is -2.55. The topological polar surface area (TPSA) is 70.1 Å². The van der Waals surface area contributed by atoms with Gasteiger partial charge in [-0.25, -0.2) is 12.8 Å². The molecule has 1 aliphatic heterocycles. The summed E-state index contributed by atoms with van der Waals surface area (Å²) in [5, 5.41) is 9.31. The minimum Gasteiger partial charge on any atom is -0.494 e. The third kappa shape index (κ3) is 4.69. The summed E-state index contributed by atoms with van der Waals surface area (Å²) in [5.41, 5.74) is 0. The number of halogens is 1. The molecule has 0 aromatic heterocycles. The molecule has 25 heavy (non-hydrogen) atoms. The first-order valence-electron chi connectivity index (χ1n) is 8.48. The van der Waals surface area contributed by atoms with Crippen molar-refractivity contribution >= 4 is 10.0 Å². The molecular weight excluding hydrogens is 347 g/mol. The van der Waals surface area contributed by atoms with Crippen LogP contribution in [0.15, 0.2) is 23.1 Å². The van der Waals surface area contributed by atoms with Gasteiger partial charge in [0.15, 0.2) is 11.6 Å². The zero-order valence-electron chi connectivity index (χ0n) is 15.0. The molecule has 0 bridgehead atoms. The molecule has 0 amide bonds. The van der Waals surface area contributed by atoms with Crippen LogP contribution < -0.4 is 4.74 Å². The summed E-state index contributed by atoms with van der Waals surface area (Å²) in [4.78, 5) is 2.15.